The highest BCUT2D eigenvalue weighted by Gasteiger charge is 2.21. The van der Waals surface area contributed by atoms with Crippen LogP contribution in [0.4, 0.5) is 0 Å². The lowest BCUT2D eigenvalue weighted by Gasteiger charge is -2.32. The summed E-state index contributed by atoms with van der Waals surface area (Å²) in [4.78, 5) is 18.0. The fraction of sp³-hybridized carbons (Fsp3) is 0.938. The van der Waals surface area contributed by atoms with Gasteiger partial charge in [-0.05, 0) is 45.3 Å². The molecule has 0 aliphatic carbocycles. The molecule has 21 heavy (non-hydrogen) atoms. The second-order valence-electron chi connectivity index (χ2n) is 6.88. The standard InChI is InChI=1S/C16H31N3O2/c1-14-5-8-18(9-6-14)13-15(20)12-17(2)10-11-19-7-3-4-16(19)21/h14-15,20H,3-13H2,1-2H3. The van der Waals surface area contributed by atoms with Crippen molar-refractivity contribution in [1.29, 1.82) is 0 Å². The van der Waals surface area contributed by atoms with Gasteiger partial charge in [0.05, 0.1) is 6.10 Å². The lowest BCUT2D eigenvalue weighted by molar-refractivity contribution is -0.127. The van der Waals surface area contributed by atoms with Crippen LogP contribution in [0.15, 0.2) is 0 Å². The Morgan fingerprint density at radius 1 is 1.33 bits per heavy atom. The van der Waals surface area contributed by atoms with Crippen molar-refractivity contribution in [2.45, 2.75) is 38.7 Å². The van der Waals surface area contributed by atoms with Gasteiger partial charge < -0.3 is 19.8 Å². The van der Waals surface area contributed by atoms with Crippen molar-refractivity contribution in [3.05, 3.63) is 0 Å². The number of hydrogen-bond donors (Lipinski definition) is 1. The van der Waals surface area contributed by atoms with Crippen LogP contribution in [-0.4, -0.2) is 84.7 Å². The molecule has 2 rings (SSSR count). The van der Waals surface area contributed by atoms with E-state index in [-0.39, 0.29) is 12.0 Å². The van der Waals surface area contributed by atoms with Gasteiger partial charge in [-0.2, -0.15) is 0 Å². The summed E-state index contributed by atoms with van der Waals surface area (Å²) in [5.41, 5.74) is 0. The fourth-order valence-electron chi connectivity index (χ4n) is 3.28. The summed E-state index contributed by atoms with van der Waals surface area (Å²) in [6.45, 7) is 8.55. The van der Waals surface area contributed by atoms with Crippen LogP contribution in [0.1, 0.15) is 32.6 Å². The SMILES string of the molecule is CC1CCN(CC(O)CN(C)CCN2CCCC2=O)CC1. The van der Waals surface area contributed by atoms with Crippen LogP contribution < -0.4 is 0 Å². The third kappa shape index (κ3) is 5.57. The van der Waals surface area contributed by atoms with Gasteiger partial charge in [0.25, 0.3) is 0 Å². The molecule has 2 aliphatic rings. The van der Waals surface area contributed by atoms with E-state index >= 15 is 0 Å². The summed E-state index contributed by atoms with van der Waals surface area (Å²) >= 11 is 0. The van der Waals surface area contributed by atoms with E-state index in [1.165, 1.54) is 12.8 Å². The number of carbonyl (C=O) groups is 1. The first kappa shape index (κ1) is 16.7. The predicted molar refractivity (Wildman–Crippen MR) is 84.2 cm³/mol. The highest BCUT2D eigenvalue weighted by molar-refractivity contribution is 5.78. The van der Waals surface area contributed by atoms with Crippen molar-refractivity contribution in [1.82, 2.24) is 14.7 Å². The van der Waals surface area contributed by atoms with Gasteiger partial charge in [0.1, 0.15) is 0 Å². The number of likely N-dealkylation sites (N-methyl/N-ethyl adjacent to an activating group) is 1. The van der Waals surface area contributed by atoms with Crippen molar-refractivity contribution in [3.8, 4) is 0 Å². The minimum Gasteiger partial charge on any atom is -0.390 e. The molecular weight excluding hydrogens is 266 g/mol. The van der Waals surface area contributed by atoms with Crippen molar-refractivity contribution in [3.63, 3.8) is 0 Å². The third-order valence-corrected chi connectivity index (χ3v) is 4.79. The number of aliphatic hydroxyl groups is 1. The molecule has 5 nitrogen and oxygen atoms in total. The molecule has 122 valence electrons. The topological polar surface area (TPSA) is 47.0 Å². The van der Waals surface area contributed by atoms with Crippen LogP contribution in [0.25, 0.3) is 0 Å². The number of β-amino-alcohol motifs (C(OH)–C–C–N with tert-alkyl or cyclic N) is 1. The number of likely N-dealkylation sites (tertiary alicyclic amines) is 2. The van der Waals surface area contributed by atoms with Gasteiger partial charge >= 0.3 is 0 Å². The largest absolute Gasteiger partial charge is 0.390 e. The first-order chi connectivity index (χ1) is 10.0. The van der Waals surface area contributed by atoms with Gasteiger partial charge in [-0.15, -0.1) is 0 Å². The summed E-state index contributed by atoms with van der Waals surface area (Å²) in [6.07, 6.45) is 3.91. The Bertz CT molecular complexity index is 329. The van der Waals surface area contributed by atoms with Crippen LogP contribution in [-0.2, 0) is 4.79 Å². The maximum atomic E-state index is 11.5. The molecule has 0 aromatic rings. The summed E-state index contributed by atoms with van der Waals surface area (Å²) in [7, 11) is 2.03. The smallest absolute Gasteiger partial charge is 0.222 e. The maximum absolute atomic E-state index is 11.5. The molecule has 1 atom stereocenters. The number of nitrogens with zero attached hydrogens (tertiary/aromatic N) is 3. The van der Waals surface area contributed by atoms with Crippen molar-refractivity contribution < 1.29 is 9.90 Å². The Morgan fingerprint density at radius 3 is 2.67 bits per heavy atom. The summed E-state index contributed by atoms with van der Waals surface area (Å²) < 4.78 is 0. The number of rotatable bonds is 7. The van der Waals surface area contributed by atoms with Crippen molar-refractivity contribution in [2.75, 3.05) is 52.9 Å². The number of hydrogen-bond acceptors (Lipinski definition) is 4. The number of carbonyl (C=O) groups excluding carboxylic acids is 1. The Morgan fingerprint density at radius 2 is 2.05 bits per heavy atom. The fourth-order valence-corrected chi connectivity index (χ4v) is 3.28. The highest BCUT2D eigenvalue weighted by atomic mass is 16.3. The zero-order valence-corrected chi connectivity index (χ0v) is 13.6. The van der Waals surface area contributed by atoms with Crippen LogP contribution in [0.3, 0.4) is 0 Å². The van der Waals surface area contributed by atoms with Crippen molar-refractivity contribution >= 4 is 5.91 Å². The highest BCUT2D eigenvalue weighted by Crippen LogP contribution is 2.16. The molecule has 1 amide bonds. The van der Waals surface area contributed by atoms with E-state index < -0.39 is 0 Å². The molecular formula is C16H31N3O2. The van der Waals surface area contributed by atoms with E-state index in [1.807, 2.05) is 11.9 Å². The minimum absolute atomic E-state index is 0.284. The number of piperidine rings is 1. The Kier molecular flexibility index (Phi) is 6.45. The normalized spacial score (nSPS) is 23.2. The molecule has 0 bridgehead atoms. The summed E-state index contributed by atoms with van der Waals surface area (Å²) in [6, 6.07) is 0. The first-order valence-electron chi connectivity index (χ1n) is 8.41. The van der Waals surface area contributed by atoms with E-state index in [2.05, 4.69) is 16.7 Å². The van der Waals surface area contributed by atoms with Crippen molar-refractivity contribution in [2.24, 2.45) is 5.92 Å². The summed E-state index contributed by atoms with van der Waals surface area (Å²) in [5, 5.41) is 10.2. The van der Waals surface area contributed by atoms with Crippen LogP contribution in [0.2, 0.25) is 0 Å². The lowest BCUT2D eigenvalue weighted by atomic mass is 9.99. The van der Waals surface area contributed by atoms with Crippen LogP contribution in [0, 0.1) is 5.92 Å². The molecule has 1 N–H and O–H groups in total. The molecule has 0 radical (unpaired) electrons. The monoisotopic (exact) mass is 297 g/mol. The quantitative estimate of drug-likeness (QED) is 0.749. The Balaban J connectivity index is 1.60. The molecule has 0 aromatic heterocycles. The average molecular weight is 297 g/mol. The van der Waals surface area contributed by atoms with Gasteiger partial charge in [-0.25, -0.2) is 0 Å². The van der Waals surface area contributed by atoms with E-state index in [0.29, 0.717) is 13.0 Å². The molecule has 2 heterocycles. The van der Waals surface area contributed by atoms with Gasteiger partial charge in [-0.1, -0.05) is 6.92 Å². The Labute approximate surface area is 128 Å². The zero-order chi connectivity index (χ0) is 15.2. The molecule has 5 heteroatoms. The molecule has 1 unspecified atom stereocenters. The second-order valence-corrected chi connectivity index (χ2v) is 6.88. The first-order valence-corrected chi connectivity index (χ1v) is 8.41. The third-order valence-electron chi connectivity index (χ3n) is 4.79. The molecule has 0 spiro atoms. The van der Waals surface area contributed by atoms with Gasteiger partial charge in [-0.3, -0.25) is 4.79 Å². The van der Waals surface area contributed by atoms with E-state index in [4.69, 9.17) is 0 Å². The van der Waals surface area contributed by atoms with Gasteiger partial charge in [0.2, 0.25) is 5.91 Å². The number of amides is 1. The molecule has 0 saturated carbocycles. The predicted octanol–water partition coefficient (Wildman–Crippen LogP) is 0.633. The van der Waals surface area contributed by atoms with E-state index in [9.17, 15) is 9.90 Å². The lowest BCUT2D eigenvalue weighted by Crippen LogP contribution is -2.43. The molecule has 2 saturated heterocycles. The van der Waals surface area contributed by atoms with Gasteiger partial charge in [0, 0.05) is 39.1 Å². The van der Waals surface area contributed by atoms with E-state index in [0.717, 1.165) is 51.6 Å². The summed E-state index contributed by atoms with van der Waals surface area (Å²) in [5.74, 6) is 1.12. The maximum Gasteiger partial charge on any atom is 0.222 e. The molecule has 0 aromatic carbocycles. The number of aliphatic hydroxyl groups excluding tert-OH is 1. The second kappa shape index (κ2) is 8.11. The minimum atomic E-state index is -0.294. The van der Waals surface area contributed by atoms with Gasteiger partial charge in [0.15, 0.2) is 0 Å². The van der Waals surface area contributed by atoms with Crippen LogP contribution >= 0.6 is 0 Å². The zero-order valence-electron chi connectivity index (χ0n) is 13.6. The molecule has 2 fully saturated rings. The van der Waals surface area contributed by atoms with E-state index in [1.54, 1.807) is 0 Å². The average Bonchev–Trinajstić information content (AvgIpc) is 2.84. The van der Waals surface area contributed by atoms with Crippen LogP contribution in [0.5, 0.6) is 0 Å². The Hall–Kier alpha value is -0.650. The molecule has 2 aliphatic heterocycles.